The second-order valence-corrected chi connectivity index (χ2v) is 4.35. The van der Waals surface area contributed by atoms with Gasteiger partial charge < -0.3 is 9.40 Å². The van der Waals surface area contributed by atoms with Crippen LogP contribution >= 0.6 is 11.6 Å². The molecular formula is C14H7ClN2O2. The van der Waals surface area contributed by atoms with Crippen LogP contribution in [0.4, 0.5) is 0 Å². The Morgan fingerprint density at radius 3 is 2.84 bits per heavy atom. The van der Waals surface area contributed by atoms with Crippen molar-refractivity contribution in [2.45, 2.75) is 0 Å². The number of halogens is 1. The smallest absolute Gasteiger partial charge is 0.230 e. The van der Waals surface area contributed by atoms with Crippen LogP contribution in [0.15, 0.2) is 40.9 Å². The number of nitriles is 1. The first kappa shape index (κ1) is 11.6. The molecule has 19 heavy (non-hydrogen) atoms. The van der Waals surface area contributed by atoms with Gasteiger partial charge in [0.15, 0.2) is 11.0 Å². The number of hydrogen-bond acceptors (Lipinski definition) is 3. The second kappa shape index (κ2) is 4.30. The van der Waals surface area contributed by atoms with Crippen LogP contribution in [0.3, 0.4) is 0 Å². The molecule has 0 amide bonds. The molecule has 0 unspecified atom stereocenters. The fourth-order valence-electron chi connectivity index (χ4n) is 2.03. The fourth-order valence-corrected chi connectivity index (χ4v) is 2.17. The Labute approximate surface area is 113 Å². The molecule has 4 nitrogen and oxygen atoms in total. The van der Waals surface area contributed by atoms with Crippen molar-refractivity contribution in [3.63, 3.8) is 0 Å². The summed E-state index contributed by atoms with van der Waals surface area (Å²) in [5, 5.41) is 9.87. The highest BCUT2D eigenvalue weighted by Crippen LogP contribution is 2.25. The van der Waals surface area contributed by atoms with E-state index in [1.807, 2.05) is 6.07 Å². The van der Waals surface area contributed by atoms with Gasteiger partial charge in [-0.05, 0) is 35.9 Å². The first-order valence-electron chi connectivity index (χ1n) is 5.51. The molecule has 1 N–H and O–H groups in total. The molecule has 0 bridgehead atoms. The molecule has 0 saturated carbocycles. The summed E-state index contributed by atoms with van der Waals surface area (Å²) in [5.41, 5.74) is 1.58. The number of ketones is 1. The highest BCUT2D eigenvalue weighted by molar-refractivity contribution is 6.29. The first-order valence-corrected chi connectivity index (χ1v) is 5.88. The standard InChI is InChI=1S/C14H7ClN2O2/c15-12-5-4-11(19-12)14(18)9-7-17-10-3-1-2-8(6-16)13(9)10/h1-5,7,17H. The molecule has 0 aliphatic carbocycles. The number of rotatable bonds is 2. The number of hydrogen-bond donors (Lipinski definition) is 1. The Balaban J connectivity index is 2.21. The molecule has 92 valence electrons. The van der Waals surface area contributed by atoms with Crippen LogP contribution in [0.5, 0.6) is 0 Å². The van der Waals surface area contributed by atoms with Crippen LogP contribution in [0.25, 0.3) is 10.9 Å². The maximum absolute atomic E-state index is 12.3. The number of aromatic nitrogens is 1. The Morgan fingerprint density at radius 1 is 1.32 bits per heavy atom. The van der Waals surface area contributed by atoms with Crippen molar-refractivity contribution in [1.29, 1.82) is 5.26 Å². The lowest BCUT2D eigenvalue weighted by Crippen LogP contribution is -1.98. The average molecular weight is 271 g/mol. The third kappa shape index (κ3) is 1.81. The van der Waals surface area contributed by atoms with Crippen molar-refractivity contribution < 1.29 is 9.21 Å². The predicted octanol–water partition coefficient (Wildman–Crippen LogP) is 3.52. The number of furan rings is 1. The van der Waals surface area contributed by atoms with E-state index < -0.39 is 0 Å². The third-order valence-corrected chi connectivity index (χ3v) is 3.07. The number of aromatic amines is 1. The van der Waals surface area contributed by atoms with Gasteiger partial charge in [-0.2, -0.15) is 5.26 Å². The molecule has 0 radical (unpaired) electrons. The van der Waals surface area contributed by atoms with Gasteiger partial charge in [-0.25, -0.2) is 0 Å². The molecule has 0 aliphatic rings. The van der Waals surface area contributed by atoms with E-state index in [4.69, 9.17) is 21.3 Å². The minimum absolute atomic E-state index is 0.152. The number of nitrogens with zero attached hydrogens (tertiary/aromatic N) is 1. The minimum atomic E-state index is -0.305. The maximum Gasteiger partial charge on any atom is 0.230 e. The van der Waals surface area contributed by atoms with Crippen molar-refractivity contribution in [1.82, 2.24) is 4.98 Å². The molecule has 2 heterocycles. The first-order chi connectivity index (χ1) is 9.20. The van der Waals surface area contributed by atoms with Crippen LogP contribution in [0.2, 0.25) is 5.22 Å². The van der Waals surface area contributed by atoms with Crippen LogP contribution in [-0.4, -0.2) is 10.8 Å². The molecule has 0 spiro atoms. The van der Waals surface area contributed by atoms with E-state index >= 15 is 0 Å². The van der Waals surface area contributed by atoms with Crippen LogP contribution in [0.1, 0.15) is 21.7 Å². The van der Waals surface area contributed by atoms with E-state index in [0.29, 0.717) is 16.5 Å². The highest BCUT2D eigenvalue weighted by atomic mass is 35.5. The van der Waals surface area contributed by atoms with Crippen molar-refractivity contribution in [2.24, 2.45) is 0 Å². The van der Waals surface area contributed by atoms with Crippen molar-refractivity contribution >= 4 is 28.3 Å². The van der Waals surface area contributed by atoms with Crippen LogP contribution in [-0.2, 0) is 0 Å². The van der Waals surface area contributed by atoms with Gasteiger partial charge >= 0.3 is 0 Å². The molecule has 0 fully saturated rings. The molecule has 0 aliphatic heterocycles. The van der Waals surface area contributed by atoms with Gasteiger partial charge in [-0.15, -0.1) is 0 Å². The molecule has 2 aromatic heterocycles. The molecule has 3 rings (SSSR count). The van der Waals surface area contributed by atoms with Gasteiger partial charge in [0.2, 0.25) is 5.78 Å². The fraction of sp³-hybridized carbons (Fsp3) is 0. The Bertz CT molecular complexity index is 823. The van der Waals surface area contributed by atoms with Gasteiger partial charge in [-0.3, -0.25) is 4.79 Å². The number of H-pyrrole nitrogens is 1. The largest absolute Gasteiger partial charge is 0.441 e. The van der Waals surface area contributed by atoms with E-state index in [-0.39, 0.29) is 16.8 Å². The Morgan fingerprint density at radius 2 is 2.16 bits per heavy atom. The number of fused-ring (bicyclic) bond motifs is 1. The molecule has 3 aromatic rings. The van der Waals surface area contributed by atoms with Crippen molar-refractivity contribution in [3.8, 4) is 6.07 Å². The van der Waals surface area contributed by atoms with E-state index in [9.17, 15) is 4.79 Å². The number of carbonyl (C=O) groups excluding carboxylic acids is 1. The van der Waals surface area contributed by atoms with Gasteiger partial charge in [0.1, 0.15) is 0 Å². The number of nitrogens with one attached hydrogen (secondary N) is 1. The lowest BCUT2D eigenvalue weighted by molar-refractivity contribution is 0.101. The third-order valence-electron chi connectivity index (χ3n) is 2.87. The van der Waals surface area contributed by atoms with E-state index in [0.717, 1.165) is 5.52 Å². The van der Waals surface area contributed by atoms with Gasteiger partial charge in [0.05, 0.1) is 17.2 Å². The average Bonchev–Trinajstić information content (AvgIpc) is 3.03. The summed E-state index contributed by atoms with van der Waals surface area (Å²) in [4.78, 5) is 15.3. The monoisotopic (exact) mass is 270 g/mol. The second-order valence-electron chi connectivity index (χ2n) is 3.98. The Hall–Kier alpha value is -2.51. The van der Waals surface area contributed by atoms with Crippen molar-refractivity contribution in [2.75, 3.05) is 0 Å². The quantitative estimate of drug-likeness (QED) is 0.724. The molecule has 0 atom stereocenters. The highest BCUT2D eigenvalue weighted by Gasteiger charge is 2.19. The van der Waals surface area contributed by atoms with Gasteiger partial charge in [0.25, 0.3) is 0 Å². The molecule has 1 aromatic carbocycles. The minimum Gasteiger partial charge on any atom is -0.441 e. The predicted molar refractivity (Wildman–Crippen MR) is 70.2 cm³/mol. The SMILES string of the molecule is N#Cc1cccc2[nH]cc(C(=O)c3ccc(Cl)o3)c12. The molecule has 0 saturated heterocycles. The zero-order valence-corrected chi connectivity index (χ0v) is 10.4. The van der Waals surface area contributed by atoms with Gasteiger partial charge in [-0.1, -0.05) is 6.07 Å². The van der Waals surface area contributed by atoms with E-state index in [2.05, 4.69) is 11.1 Å². The van der Waals surface area contributed by atoms with E-state index in [1.54, 1.807) is 18.3 Å². The summed E-state index contributed by atoms with van der Waals surface area (Å²) >= 11 is 5.66. The Kier molecular flexibility index (Phi) is 2.62. The zero-order valence-electron chi connectivity index (χ0n) is 9.61. The normalized spacial score (nSPS) is 10.5. The summed E-state index contributed by atoms with van der Waals surface area (Å²) in [6.45, 7) is 0. The summed E-state index contributed by atoms with van der Waals surface area (Å²) in [6.07, 6.45) is 1.57. The summed E-state index contributed by atoms with van der Waals surface area (Å²) in [6, 6.07) is 10.3. The topological polar surface area (TPSA) is 69.8 Å². The van der Waals surface area contributed by atoms with E-state index in [1.165, 1.54) is 12.1 Å². The lowest BCUT2D eigenvalue weighted by atomic mass is 10.0. The molecule has 5 heteroatoms. The van der Waals surface area contributed by atoms with Crippen molar-refractivity contribution in [3.05, 3.63) is 58.6 Å². The summed E-state index contributed by atoms with van der Waals surface area (Å²) in [7, 11) is 0. The van der Waals surface area contributed by atoms with Crippen LogP contribution < -0.4 is 0 Å². The van der Waals surface area contributed by atoms with Gasteiger partial charge in [0, 0.05) is 17.1 Å². The number of benzene rings is 1. The summed E-state index contributed by atoms with van der Waals surface area (Å²) in [5.74, 6) is -0.153. The molecular weight excluding hydrogens is 264 g/mol. The summed E-state index contributed by atoms with van der Waals surface area (Å²) < 4.78 is 5.11. The van der Waals surface area contributed by atoms with Crippen LogP contribution in [0, 0.1) is 11.3 Å². The lowest BCUT2D eigenvalue weighted by Gasteiger charge is -1.97. The zero-order chi connectivity index (χ0) is 13.4. The maximum atomic E-state index is 12.3. The number of carbonyl (C=O) groups is 1.